The van der Waals surface area contributed by atoms with Crippen LogP contribution < -0.4 is 0 Å². The summed E-state index contributed by atoms with van der Waals surface area (Å²) in [4.78, 5) is 5.83. The SMILES string of the molecule is Cc1ccc(-c2cn3nc(C4CCCCC4)sc3n2)c(C)c1. The third kappa shape index (κ3) is 2.45. The van der Waals surface area contributed by atoms with E-state index in [2.05, 4.69) is 38.2 Å². The minimum atomic E-state index is 0.657. The summed E-state index contributed by atoms with van der Waals surface area (Å²) in [5.41, 5.74) is 4.81. The average Bonchev–Trinajstić information content (AvgIpc) is 3.06. The Morgan fingerprint density at radius 1 is 1.14 bits per heavy atom. The quantitative estimate of drug-likeness (QED) is 0.657. The van der Waals surface area contributed by atoms with Crippen LogP contribution >= 0.6 is 11.3 Å². The Bertz CT molecular complexity index is 777. The highest BCUT2D eigenvalue weighted by Gasteiger charge is 2.20. The molecule has 114 valence electrons. The summed E-state index contributed by atoms with van der Waals surface area (Å²) >= 11 is 1.77. The molecule has 0 aliphatic heterocycles. The second-order valence-corrected chi connectivity index (χ2v) is 7.43. The molecule has 0 radical (unpaired) electrons. The Morgan fingerprint density at radius 3 is 2.68 bits per heavy atom. The Balaban J connectivity index is 1.68. The molecule has 0 spiro atoms. The first-order chi connectivity index (χ1) is 10.7. The highest BCUT2D eigenvalue weighted by molar-refractivity contribution is 7.16. The largest absolute Gasteiger partial charge is 0.217 e. The predicted molar refractivity (Wildman–Crippen MR) is 91.6 cm³/mol. The van der Waals surface area contributed by atoms with E-state index in [1.54, 1.807) is 11.3 Å². The monoisotopic (exact) mass is 311 g/mol. The van der Waals surface area contributed by atoms with Crippen molar-refractivity contribution in [1.29, 1.82) is 0 Å². The van der Waals surface area contributed by atoms with Crippen LogP contribution in [0.2, 0.25) is 0 Å². The molecule has 2 heterocycles. The fraction of sp³-hybridized carbons (Fsp3) is 0.444. The summed E-state index contributed by atoms with van der Waals surface area (Å²) in [7, 11) is 0. The fourth-order valence-electron chi connectivity index (χ4n) is 3.46. The molecule has 1 saturated carbocycles. The van der Waals surface area contributed by atoms with Gasteiger partial charge in [0.25, 0.3) is 0 Å². The van der Waals surface area contributed by atoms with Gasteiger partial charge in [0.15, 0.2) is 0 Å². The number of aryl methyl sites for hydroxylation is 2. The lowest BCUT2D eigenvalue weighted by atomic mass is 9.90. The molecule has 4 heteroatoms. The minimum absolute atomic E-state index is 0.657. The van der Waals surface area contributed by atoms with Crippen molar-refractivity contribution in [2.45, 2.75) is 51.9 Å². The van der Waals surface area contributed by atoms with E-state index < -0.39 is 0 Å². The van der Waals surface area contributed by atoms with E-state index in [9.17, 15) is 0 Å². The number of rotatable bonds is 2. The summed E-state index contributed by atoms with van der Waals surface area (Å²) in [6.45, 7) is 4.27. The molecule has 1 fully saturated rings. The molecular formula is C18H21N3S. The van der Waals surface area contributed by atoms with Crippen molar-refractivity contribution in [3.05, 3.63) is 40.5 Å². The van der Waals surface area contributed by atoms with Gasteiger partial charge in [-0.25, -0.2) is 9.50 Å². The van der Waals surface area contributed by atoms with E-state index in [-0.39, 0.29) is 0 Å². The van der Waals surface area contributed by atoms with Gasteiger partial charge in [0.1, 0.15) is 5.01 Å². The third-order valence-electron chi connectivity index (χ3n) is 4.67. The van der Waals surface area contributed by atoms with Gasteiger partial charge < -0.3 is 0 Å². The van der Waals surface area contributed by atoms with Crippen molar-refractivity contribution < 1.29 is 0 Å². The first-order valence-corrected chi connectivity index (χ1v) is 8.96. The van der Waals surface area contributed by atoms with E-state index >= 15 is 0 Å². The molecule has 0 unspecified atom stereocenters. The van der Waals surface area contributed by atoms with Crippen LogP contribution in [0.3, 0.4) is 0 Å². The molecule has 0 amide bonds. The van der Waals surface area contributed by atoms with Crippen molar-refractivity contribution in [3.8, 4) is 11.3 Å². The zero-order chi connectivity index (χ0) is 15.1. The minimum Gasteiger partial charge on any atom is -0.217 e. The molecule has 0 atom stereocenters. The Morgan fingerprint density at radius 2 is 1.95 bits per heavy atom. The van der Waals surface area contributed by atoms with Gasteiger partial charge in [-0.15, -0.1) is 0 Å². The molecule has 2 aromatic heterocycles. The molecule has 0 saturated heterocycles. The highest BCUT2D eigenvalue weighted by Crippen LogP contribution is 2.35. The summed E-state index contributed by atoms with van der Waals surface area (Å²) < 4.78 is 1.98. The van der Waals surface area contributed by atoms with Gasteiger partial charge in [-0.2, -0.15) is 5.10 Å². The molecular weight excluding hydrogens is 290 g/mol. The average molecular weight is 311 g/mol. The summed E-state index contributed by atoms with van der Waals surface area (Å²) in [5, 5.41) is 6.08. The maximum absolute atomic E-state index is 4.81. The highest BCUT2D eigenvalue weighted by atomic mass is 32.1. The van der Waals surface area contributed by atoms with Gasteiger partial charge in [-0.05, 0) is 32.3 Å². The van der Waals surface area contributed by atoms with E-state index in [0.29, 0.717) is 5.92 Å². The van der Waals surface area contributed by atoms with Gasteiger partial charge in [-0.1, -0.05) is 54.4 Å². The number of imidazole rings is 1. The van der Waals surface area contributed by atoms with Crippen LogP contribution in [0.25, 0.3) is 16.2 Å². The normalized spacial score (nSPS) is 16.5. The van der Waals surface area contributed by atoms with Crippen LogP contribution in [-0.4, -0.2) is 14.6 Å². The molecule has 0 N–H and O–H groups in total. The number of fused-ring (bicyclic) bond motifs is 1. The Labute approximate surface area is 135 Å². The molecule has 1 aliphatic carbocycles. The molecule has 22 heavy (non-hydrogen) atoms. The van der Waals surface area contributed by atoms with Crippen LogP contribution in [0.4, 0.5) is 0 Å². The Kier molecular flexibility index (Phi) is 3.49. The standard InChI is InChI=1S/C18H21N3S/c1-12-8-9-15(13(2)10-12)16-11-21-18(19-16)22-17(20-21)14-6-4-3-5-7-14/h8-11,14H,3-7H2,1-2H3. The van der Waals surface area contributed by atoms with E-state index in [1.165, 1.54) is 53.8 Å². The van der Waals surface area contributed by atoms with Gasteiger partial charge in [-0.3, -0.25) is 0 Å². The van der Waals surface area contributed by atoms with E-state index in [4.69, 9.17) is 10.1 Å². The molecule has 3 nitrogen and oxygen atoms in total. The fourth-order valence-corrected chi connectivity index (χ4v) is 4.51. The van der Waals surface area contributed by atoms with Crippen LogP contribution in [-0.2, 0) is 0 Å². The van der Waals surface area contributed by atoms with E-state index in [1.807, 2.05) is 4.52 Å². The molecule has 0 bridgehead atoms. The Hall–Kier alpha value is -1.68. The smallest absolute Gasteiger partial charge is 0.212 e. The predicted octanol–water partition coefficient (Wildman–Crippen LogP) is 5.12. The lowest BCUT2D eigenvalue weighted by molar-refractivity contribution is 0.439. The number of aromatic nitrogens is 3. The lowest BCUT2D eigenvalue weighted by Crippen LogP contribution is -2.04. The van der Waals surface area contributed by atoms with Crippen molar-refractivity contribution in [2.24, 2.45) is 0 Å². The lowest BCUT2D eigenvalue weighted by Gasteiger charge is -2.18. The van der Waals surface area contributed by atoms with Crippen molar-refractivity contribution in [2.75, 3.05) is 0 Å². The zero-order valence-electron chi connectivity index (χ0n) is 13.2. The second-order valence-electron chi connectivity index (χ2n) is 6.45. The molecule has 3 aromatic rings. The maximum atomic E-state index is 4.81. The van der Waals surface area contributed by atoms with Crippen LogP contribution in [0.5, 0.6) is 0 Å². The van der Waals surface area contributed by atoms with Crippen LogP contribution in [0.1, 0.15) is 54.2 Å². The number of hydrogen-bond acceptors (Lipinski definition) is 3. The molecule has 1 aromatic carbocycles. The number of nitrogens with zero attached hydrogens (tertiary/aromatic N) is 3. The number of benzene rings is 1. The van der Waals surface area contributed by atoms with Gasteiger partial charge in [0.2, 0.25) is 4.96 Å². The summed E-state index contributed by atoms with van der Waals surface area (Å²) in [6, 6.07) is 6.53. The second kappa shape index (κ2) is 5.51. The van der Waals surface area contributed by atoms with Crippen molar-refractivity contribution in [1.82, 2.24) is 14.6 Å². The first-order valence-electron chi connectivity index (χ1n) is 8.14. The summed E-state index contributed by atoms with van der Waals surface area (Å²) in [5.74, 6) is 0.657. The molecule has 4 rings (SSSR count). The summed E-state index contributed by atoms with van der Waals surface area (Å²) in [6.07, 6.45) is 8.74. The first kappa shape index (κ1) is 13.9. The third-order valence-corrected chi connectivity index (χ3v) is 5.76. The number of hydrogen-bond donors (Lipinski definition) is 0. The maximum Gasteiger partial charge on any atom is 0.212 e. The van der Waals surface area contributed by atoms with Crippen molar-refractivity contribution in [3.63, 3.8) is 0 Å². The van der Waals surface area contributed by atoms with E-state index in [0.717, 1.165) is 10.7 Å². The van der Waals surface area contributed by atoms with Crippen molar-refractivity contribution >= 4 is 16.3 Å². The molecule has 1 aliphatic rings. The van der Waals surface area contributed by atoms with Gasteiger partial charge in [0, 0.05) is 11.5 Å². The van der Waals surface area contributed by atoms with Gasteiger partial charge >= 0.3 is 0 Å². The van der Waals surface area contributed by atoms with Gasteiger partial charge in [0.05, 0.1) is 11.9 Å². The van der Waals surface area contributed by atoms with Crippen LogP contribution in [0.15, 0.2) is 24.4 Å². The topological polar surface area (TPSA) is 30.2 Å². The van der Waals surface area contributed by atoms with Crippen LogP contribution in [0, 0.1) is 13.8 Å². The zero-order valence-corrected chi connectivity index (χ0v) is 14.0.